The molecule has 0 saturated heterocycles. The Bertz CT molecular complexity index is 1950. The van der Waals surface area contributed by atoms with E-state index in [-0.39, 0.29) is 25.7 Å². The van der Waals surface area contributed by atoms with Crippen molar-refractivity contribution >= 4 is 39.5 Å². The van der Waals surface area contributed by atoms with Gasteiger partial charge in [-0.2, -0.15) is 0 Å². The zero-order chi connectivity index (χ0) is 73.8. The fourth-order valence-corrected chi connectivity index (χ4v) is 14.0. The Morgan fingerprint density at radius 3 is 0.620 bits per heavy atom. The van der Waals surface area contributed by atoms with Gasteiger partial charge in [0.2, 0.25) is 0 Å². The number of aliphatic hydroxyl groups is 1. The highest BCUT2D eigenvalue weighted by atomic mass is 31.2. The highest BCUT2D eigenvalue weighted by Gasteiger charge is 2.30. The Morgan fingerprint density at radius 2 is 0.420 bits per heavy atom. The molecule has 100 heavy (non-hydrogen) atoms. The Morgan fingerprint density at radius 1 is 0.250 bits per heavy atom. The van der Waals surface area contributed by atoms with Crippen molar-refractivity contribution in [1.29, 1.82) is 0 Å². The van der Waals surface area contributed by atoms with Gasteiger partial charge in [-0.1, -0.05) is 364 Å². The van der Waals surface area contributed by atoms with E-state index in [1.54, 1.807) is 0 Å². The molecule has 0 amide bonds. The van der Waals surface area contributed by atoms with Gasteiger partial charge in [-0.05, 0) is 49.4 Å². The Kier molecular flexibility index (Phi) is 68.7. The van der Waals surface area contributed by atoms with Crippen LogP contribution in [-0.4, -0.2) is 96.7 Å². The lowest BCUT2D eigenvalue weighted by Gasteiger charge is -2.21. The Balaban J connectivity index is 5.25. The van der Waals surface area contributed by atoms with Gasteiger partial charge in [0, 0.05) is 25.7 Å². The van der Waals surface area contributed by atoms with Gasteiger partial charge in [0.1, 0.15) is 19.3 Å². The van der Waals surface area contributed by atoms with Gasteiger partial charge < -0.3 is 33.8 Å². The summed E-state index contributed by atoms with van der Waals surface area (Å²) in [5.41, 5.74) is 0. The van der Waals surface area contributed by atoms with Crippen LogP contribution < -0.4 is 0 Å². The number of rotatable bonds is 78. The third-order valence-corrected chi connectivity index (χ3v) is 20.7. The molecule has 0 aliphatic rings. The summed E-state index contributed by atoms with van der Waals surface area (Å²) in [7, 11) is -9.92. The summed E-state index contributed by atoms with van der Waals surface area (Å²) in [6, 6.07) is 0. The molecule has 0 rings (SSSR count). The number of hydrogen-bond acceptors (Lipinski definition) is 15. The first kappa shape index (κ1) is 98.1. The fourth-order valence-electron chi connectivity index (χ4n) is 12.4. The average molecular weight is 1470 g/mol. The summed E-state index contributed by atoms with van der Waals surface area (Å²) >= 11 is 0. The zero-order valence-electron chi connectivity index (χ0n) is 65.8. The molecule has 0 heterocycles. The molecule has 5 atom stereocenters. The number of hydrogen-bond donors (Lipinski definition) is 3. The molecule has 17 nitrogen and oxygen atoms in total. The monoisotopic (exact) mass is 1470 g/mol. The minimum atomic E-state index is -4.96. The van der Waals surface area contributed by atoms with Crippen molar-refractivity contribution in [2.75, 3.05) is 39.6 Å². The topological polar surface area (TPSA) is 237 Å². The van der Waals surface area contributed by atoms with E-state index in [0.29, 0.717) is 31.6 Å². The number of carbonyl (C=O) groups excluding carboxylic acids is 4. The van der Waals surface area contributed by atoms with E-state index in [1.165, 1.54) is 212 Å². The summed E-state index contributed by atoms with van der Waals surface area (Å²) in [6.07, 6.45) is 56.9. The van der Waals surface area contributed by atoms with Crippen molar-refractivity contribution < 1.29 is 80.2 Å². The lowest BCUT2D eigenvalue weighted by atomic mass is 10.0. The molecular weight excluding hydrogens is 1310 g/mol. The molecule has 0 aromatic heterocycles. The van der Waals surface area contributed by atoms with Gasteiger partial charge in [-0.15, -0.1) is 0 Å². The van der Waals surface area contributed by atoms with Gasteiger partial charge in [0.15, 0.2) is 12.2 Å². The van der Waals surface area contributed by atoms with Crippen molar-refractivity contribution in [3.05, 3.63) is 0 Å². The number of carbonyl (C=O) groups is 4. The number of ether oxygens (including phenoxy) is 4. The molecule has 594 valence electrons. The van der Waals surface area contributed by atoms with Crippen molar-refractivity contribution in [3.63, 3.8) is 0 Å². The molecule has 0 aromatic carbocycles. The van der Waals surface area contributed by atoms with Crippen LogP contribution >= 0.6 is 15.6 Å². The quantitative estimate of drug-likeness (QED) is 0.0222. The lowest BCUT2D eigenvalue weighted by molar-refractivity contribution is -0.161. The molecule has 0 bridgehead atoms. The number of esters is 4. The van der Waals surface area contributed by atoms with Crippen molar-refractivity contribution in [3.8, 4) is 0 Å². The number of aliphatic hydroxyl groups excluding tert-OH is 1. The number of unbranched alkanes of at least 4 members (excludes halogenated alkanes) is 44. The van der Waals surface area contributed by atoms with Gasteiger partial charge in [-0.25, -0.2) is 9.13 Å². The zero-order valence-corrected chi connectivity index (χ0v) is 67.6. The maximum Gasteiger partial charge on any atom is 0.472 e. The van der Waals surface area contributed by atoms with Crippen LogP contribution in [0.15, 0.2) is 0 Å². The van der Waals surface area contributed by atoms with E-state index in [4.69, 9.17) is 37.0 Å². The number of phosphoric ester groups is 2. The summed E-state index contributed by atoms with van der Waals surface area (Å²) in [6.45, 7) is 14.3. The van der Waals surface area contributed by atoms with Crippen molar-refractivity contribution in [2.24, 2.45) is 23.7 Å². The fraction of sp³-hybridized carbons (Fsp3) is 0.951. The number of phosphoric acid groups is 2. The van der Waals surface area contributed by atoms with Crippen LogP contribution in [0.2, 0.25) is 0 Å². The molecule has 3 unspecified atom stereocenters. The van der Waals surface area contributed by atoms with Crippen molar-refractivity contribution in [1.82, 2.24) is 0 Å². The second-order valence-electron chi connectivity index (χ2n) is 31.1. The summed E-state index contributed by atoms with van der Waals surface area (Å²) in [5, 5.41) is 10.6. The minimum absolute atomic E-state index is 0.106. The smallest absolute Gasteiger partial charge is 0.462 e. The highest BCUT2D eigenvalue weighted by Crippen LogP contribution is 2.45. The lowest BCUT2D eigenvalue weighted by Crippen LogP contribution is -2.30. The van der Waals surface area contributed by atoms with Gasteiger partial charge in [0.25, 0.3) is 0 Å². The molecule has 0 aromatic rings. The first-order chi connectivity index (χ1) is 48.1. The van der Waals surface area contributed by atoms with Crippen molar-refractivity contribution in [2.45, 2.75) is 433 Å². The van der Waals surface area contributed by atoms with E-state index in [9.17, 15) is 43.2 Å². The third-order valence-electron chi connectivity index (χ3n) is 18.8. The molecule has 0 aliphatic heterocycles. The van der Waals surface area contributed by atoms with Gasteiger partial charge in [0.05, 0.1) is 26.4 Å². The standard InChI is InChI=1S/C81H158O17P2/c1-71(2)57-49-41-33-26-20-14-10-9-11-17-24-30-38-47-55-63-80(85)97-76(67-91-78(83)61-53-45-37-29-23-18-12-15-21-27-34-42-50-58-72(3)4)69-95-99(87,88)93-65-75(82)66-94-100(89,90)96-70-77(68-92-79(84)62-54-46-40-32-36-44-52-60-74(7)8)98-81(86)64-56-48-39-31-25-19-13-16-22-28-35-43-51-59-73(5)6/h71-77,82H,9-70H2,1-8H3,(H,87,88)(H,89,90)/t75?,76-,77-/m1/s1. The largest absolute Gasteiger partial charge is 0.472 e. The second kappa shape index (κ2) is 70.1. The average Bonchev–Trinajstić information content (AvgIpc) is 0.983. The van der Waals surface area contributed by atoms with E-state index >= 15 is 0 Å². The maximum atomic E-state index is 13.1. The van der Waals surface area contributed by atoms with E-state index in [1.807, 2.05) is 0 Å². The van der Waals surface area contributed by atoms with Crippen LogP contribution in [-0.2, 0) is 65.4 Å². The first-order valence-electron chi connectivity index (χ1n) is 41.7. The van der Waals surface area contributed by atoms with E-state index in [0.717, 1.165) is 114 Å². The van der Waals surface area contributed by atoms with Gasteiger partial charge in [-0.3, -0.25) is 37.3 Å². The van der Waals surface area contributed by atoms with Gasteiger partial charge >= 0.3 is 39.5 Å². The van der Waals surface area contributed by atoms with E-state index < -0.39 is 97.5 Å². The SMILES string of the molecule is CC(C)CCCCCCCCCCCCCCCCCC(=O)O[C@H](COC(=O)CCCCCCCCCCCCCCCC(C)C)COP(=O)(O)OCC(O)COP(=O)(O)OC[C@@H](COC(=O)CCCCCCCCCC(C)C)OC(=O)CCCCCCCCCCCCCCCC(C)C. The maximum absolute atomic E-state index is 13.1. The summed E-state index contributed by atoms with van der Waals surface area (Å²) in [5.74, 6) is 0.971. The Labute approximate surface area is 613 Å². The van der Waals surface area contributed by atoms with Crippen LogP contribution in [0.4, 0.5) is 0 Å². The second-order valence-corrected chi connectivity index (χ2v) is 34.0. The van der Waals surface area contributed by atoms with E-state index in [2.05, 4.69) is 55.4 Å². The molecule has 0 spiro atoms. The normalized spacial score (nSPS) is 14.0. The highest BCUT2D eigenvalue weighted by molar-refractivity contribution is 7.47. The third kappa shape index (κ3) is 74.3. The van der Waals surface area contributed by atoms with Crippen LogP contribution in [0, 0.1) is 23.7 Å². The molecule has 3 N–H and O–H groups in total. The molecule has 0 radical (unpaired) electrons. The molecule has 0 saturated carbocycles. The van der Waals surface area contributed by atoms with Crippen LogP contribution in [0.1, 0.15) is 415 Å². The molecule has 19 heteroatoms. The molecule has 0 fully saturated rings. The van der Waals surface area contributed by atoms with Crippen LogP contribution in [0.3, 0.4) is 0 Å². The minimum Gasteiger partial charge on any atom is -0.462 e. The van der Waals surface area contributed by atoms with Crippen LogP contribution in [0.25, 0.3) is 0 Å². The van der Waals surface area contributed by atoms with Crippen LogP contribution in [0.5, 0.6) is 0 Å². The predicted octanol–water partition coefficient (Wildman–Crippen LogP) is 24.0. The first-order valence-corrected chi connectivity index (χ1v) is 44.7. The predicted molar refractivity (Wildman–Crippen MR) is 409 cm³/mol. The summed E-state index contributed by atoms with van der Waals surface area (Å²) < 4.78 is 68.7. The summed E-state index contributed by atoms with van der Waals surface area (Å²) in [4.78, 5) is 73.0. The molecule has 0 aliphatic carbocycles. The molecular formula is C81H158O17P2. The Hall–Kier alpha value is -1.94.